The van der Waals surface area contributed by atoms with E-state index in [1.54, 1.807) is 0 Å². The lowest BCUT2D eigenvalue weighted by Crippen LogP contribution is -2.13. The molecule has 3 rings (SSSR count). The summed E-state index contributed by atoms with van der Waals surface area (Å²) in [5.41, 5.74) is 16.6. The van der Waals surface area contributed by atoms with Gasteiger partial charge in [-0.1, -0.05) is 30.3 Å². The second-order valence-corrected chi connectivity index (χ2v) is 4.84. The average Bonchev–Trinajstić information content (AvgIpc) is 2.90. The first-order valence-electron chi connectivity index (χ1n) is 6.40. The number of nitrogens with two attached hydrogens (primary N) is 2. The van der Waals surface area contributed by atoms with E-state index >= 15 is 0 Å². The van der Waals surface area contributed by atoms with Crippen LogP contribution in [0.1, 0.15) is 23.6 Å². The van der Waals surface area contributed by atoms with E-state index in [2.05, 4.69) is 23.5 Å². The number of hydrogen-bond donors (Lipinski definition) is 3. The Hall–Kier alpha value is -2.42. The molecule has 3 heteroatoms. The lowest BCUT2D eigenvalue weighted by Gasteiger charge is -2.14. The van der Waals surface area contributed by atoms with Crippen LogP contribution in [0.25, 0.3) is 5.70 Å². The van der Waals surface area contributed by atoms with E-state index in [9.17, 15) is 0 Å². The van der Waals surface area contributed by atoms with Crippen LogP contribution in [-0.2, 0) is 0 Å². The van der Waals surface area contributed by atoms with Crippen molar-refractivity contribution in [3.63, 3.8) is 0 Å². The molecule has 1 heterocycles. The quantitative estimate of drug-likeness (QED) is 0.719. The van der Waals surface area contributed by atoms with Crippen molar-refractivity contribution in [3.05, 3.63) is 65.7 Å². The summed E-state index contributed by atoms with van der Waals surface area (Å²) >= 11 is 0. The first kappa shape index (κ1) is 11.7. The summed E-state index contributed by atoms with van der Waals surface area (Å²) in [5, 5.41) is 3.54. The van der Waals surface area contributed by atoms with Crippen LogP contribution in [-0.4, -0.2) is 0 Å². The van der Waals surface area contributed by atoms with Crippen LogP contribution in [0, 0.1) is 0 Å². The van der Waals surface area contributed by atoms with Crippen LogP contribution in [0.4, 0.5) is 11.4 Å². The fourth-order valence-corrected chi connectivity index (χ4v) is 2.35. The second-order valence-electron chi connectivity index (χ2n) is 4.84. The van der Waals surface area contributed by atoms with Crippen molar-refractivity contribution in [1.29, 1.82) is 0 Å². The van der Waals surface area contributed by atoms with Crippen molar-refractivity contribution < 1.29 is 0 Å². The summed E-state index contributed by atoms with van der Waals surface area (Å²) < 4.78 is 0. The Morgan fingerprint density at radius 1 is 0.842 bits per heavy atom. The summed E-state index contributed by atoms with van der Waals surface area (Å²) in [7, 11) is 0. The lowest BCUT2D eigenvalue weighted by atomic mass is 10.1. The highest BCUT2D eigenvalue weighted by atomic mass is 14.9. The van der Waals surface area contributed by atoms with Gasteiger partial charge in [-0.25, -0.2) is 0 Å². The molecular formula is C16H17N3. The minimum absolute atomic E-state index is 0.327. The monoisotopic (exact) mass is 251 g/mol. The molecule has 1 unspecified atom stereocenters. The molecule has 0 bridgehead atoms. The normalized spacial score (nSPS) is 17.9. The van der Waals surface area contributed by atoms with Crippen molar-refractivity contribution in [3.8, 4) is 0 Å². The van der Waals surface area contributed by atoms with Crippen LogP contribution >= 0.6 is 0 Å². The van der Waals surface area contributed by atoms with Gasteiger partial charge in [-0.2, -0.15) is 0 Å². The Bertz CT molecular complexity index is 597. The van der Waals surface area contributed by atoms with Crippen molar-refractivity contribution in [1.82, 2.24) is 5.32 Å². The summed E-state index contributed by atoms with van der Waals surface area (Å²) in [6, 6.07) is 16.3. The van der Waals surface area contributed by atoms with Gasteiger partial charge in [0.2, 0.25) is 0 Å². The standard InChI is InChI=1S/C16H17N3/c17-13-5-1-11(2-6-13)15-9-10-16(19-15)12-3-7-14(18)8-4-12/h1-9,16,19H,10,17-18H2. The molecule has 0 aromatic heterocycles. The number of rotatable bonds is 2. The van der Waals surface area contributed by atoms with Crippen molar-refractivity contribution in [2.75, 3.05) is 11.5 Å². The predicted molar refractivity (Wildman–Crippen MR) is 80.2 cm³/mol. The van der Waals surface area contributed by atoms with Crippen molar-refractivity contribution >= 4 is 17.1 Å². The molecular weight excluding hydrogens is 234 g/mol. The van der Waals surface area contributed by atoms with E-state index < -0.39 is 0 Å². The maximum Gasteiger partial charge on any atom is 0.0549 e. The van der Waals surface area contributed by atoms with Gasteiger partial charge >= 0.3 is 0 Å². The van der Waals surface area contributed by atoms with Gasteiger partial charge in [0.15, 0.2) is 0 Å². The minimum Gasteiger partial charge on any atom is -0.399 e. The van der Waals surface area contributed by atoms with Gasteiger partial charge in [-0.3, -0.25) is 0 Å². The van der Waals surface area contributed by atoms with E-state index in [1.807, 2.05) is 36.4 Å². The molecule has 2 aromatic carbocycles. The van der Waals surface area contributed by atoms with Crippen molar-refractivity contribution in [2.24, 2.45) is 0 Å². The van der Waals surface area contributed by atoms with Gasteiger partial charge in [0.05, 0.1) is 6.04 Å². The highest BCUT2D eigenvalue weighted by molar-refractivity contribution is 5.68. The fraction of sp³-hybridized carbons (Fsp3) is 0.125. The third-order valence-electron chi connectivity index (χ3n) is 3.45. The highest BCUT2D eigenvalue weighted by Gasteiger charge is 2.18. The third-order valence-corrected chi connectivity index (χ3v) is 3.45. The van der Waals surface area contributed by atoms with E-state index in [0.29, 0.717) is 6.04 Å². The Labute approximate surface area is 112 Å². The maximum atomic E-state index is 5.71. The van der Waals surface area contributed by atoms with Gasteiger partial charge in [-0.15, -0.1) is 0 Å². The van der Waals surface area contributed by atoms with Gasteiger partial charge in [0.25, 0.3) is 0 Å². The summed E-state index contributed by atoms with van der Waals surface area (Å²) in [5.74, 6) is 0. The van der Waals surface area contributed by atoms with Gasteiger partial charge in [-0.05, 0) is 41.8 Å². The zero-order valence-electron chi connectivity index (χ0n) is 10.6. The molecule has 19 heavy (non-hydrogen) atoms. The molecule has 0 spiro atoms. The molecule has 96 valence electrons. The molecule has 2 aromatic rings. The zero-order chi connectivity index (χ0) is 13.2. The van der Waals surface area contributed by atoms with E-state index in [1.165, 1.54) is 16.8 Å². The Morgan fingerprint density at radius 2 is 1.42 bits per heavy atom. The molecule has 0 saturated heterocycles. The van der Waals surface area contributed by atoms with E-state index in [4.69, 9.17) is 11.5 Å². The van der Waals surface area contributed by atoms with E-state index in [-0.39, 0.29) is 0 Å². The van der Waals surface area contributed by atoms with Crippen LogP contribution in [0.3, 0.4) is 0 Å². The zero-order valence-corrected chi connectivity index (χ0v) is 10.6. The van der Waals surface area contributed by atoms with Crippen LogP contribution in [0.2, 0.25) is 0 Å². The summed E-state index contributed by atoms with van der Waals surface area (Å²) in [6.07, 6.45) is 3.22. The van der Waals surface area contributed by atoms with Crippen LogP contribution in [0.15, 0.2) is 54.6 Å². The largest absolute Gasteiger partial charge is 0.399 e. The second kappa shape index (κ2) is 4.69. The van der Waals surface area contributed by atoms with Gasteiger partial charge in [0.1, 0.15) is 0 Å². The molecule has 3 nitrogen and oxygen atoms in total. The molecule has 1 atom stereocenters. The predicted octanol–water partition coefficient (Wildman–Crippen LogP) is 2.93. The molecule has 0 saturated carbocycles. The van der Waals surface area contributed by atoms with E-state index in [0.717, 1.165) is 17.8 Å². The minimum atomic E-state index is 0.327. The highest BCUT2D eigenvalue weighted by Crippen LogP contribution is 2.29. The number of nitrogens with one attached hydrogen (secondary N) is 1. The fourth-order valence-electron chi connectivity index (χ4n) is 2.35. The van der Waals surface area contributed by atoms with Crippen molar-refractivity contribution in [2.45, 2.75) is 12.5 Å². The molecule has 5 N–H and O–H groups in total. The summed E-state index contributed by atoms with van der Waals surface area (Å²) in [4.78, 5) is 0. The number of nitrogen functional groups attached to an aromatic ring is 2. The maximum absolute atomic E-state index is 5.71. The lowest BCUT2D eigenvalue weighted by molar-refractivity contribution is 0.682. The molecule has 1 aliphatic heterocycles. The van der Waals surface area contributed by atoms with Crippen LogP contribution in [0.5, 0.6) is 0 Å². The first-order valence-corrected chi connectivity index (χ1v) is 6.40. The molecule has 1 aliphatic rings. The smallest absolute Gasteiger partial charge is 0.0549 e. The summed E-state index contributed by atoms with van der Waals surface area (Å²) in [6.45, 7) is 0. The molecule has 0 aliphatic carbocycles. The Kier molecular flexibility index (Phi) is 2.88. The topological polar surface area (TPSA) is 64.1 Å². The molecule has 0 fully saturated rings. The molecule has 0 amide bonds. The van der Waals surface area contributed by atoms with Gasteiger partial charge in [0, 0.05) is 17.1 Å². The average molecular weight is 251 g/mol. The molecule has 0 radical (unpaired) electrons. The Morgan fingerprint density at radius 3 is 2.05 bits per heavy atom. The van der Waals surface area contributed by atoms with Gasteiger partial charge < -0.3 is 16.8 Å². The Balaban J connectivity index is 1.76. The van der Waals surface area contributed by atoms with Crippen LogP contribution < -0.4 is 16.8 Å². The number of hydrogen-bond acceptors (Lipinski definition) is 3. The third kappa shape index (κ3) is 2.40. The SMILES string of the molecule is Nc1ccc(C2=CCC(c3ccc(N)cc3)N2)cc1. The number of benzene rings is 2. The number of anilines is 2. The first-order chi connectivity index (χ1) is 9.22.